The zero-order chi connectivity index (χ0) is 21.3. The lowest BCUT2D eigenvalue weighted by atomic mass is 10.1. The highest BCUT2D eigenvalue weighted by molar-refractivity contribution is 9.10. The van der Waals surface area contributed by atoms with Gasteiger partial charge in [-0.1, -0.05) is 24.3 Å². The molecule has 8 heteroatoms. The van der Waals surface area contributed by atoms with Gasteiger partial charge in [-0.2, -0.15) is 10.4 Å². The zero-order valence-corrected chi connectivity index (χ0v) is 18.5. The van der Waals surface area contributed by atoms with Crippen LogP contribution in [0, 0.1) is 11.3 Å². The highest BCUT2D eigenvalue weighted by Gasteiger charge is 2.12. The first-order valence-corrected chi connectivity index (χ1v) is 10.7. The molecule has 0 radical (unpaired) electrons. The molecule has 3 rings (SSSR count). The lowest BCUT2D eigenvalue weighted by Gasteiger charge is -2.14. The van der Waals surface area contributed by atoms with Gasteiger partial charge in [0.25, 0.3) is 5.91 Å². The monoisotopic (exact) mass is 483 g/mol. The van der Waals surface area contributed by atoms with E-state index in [-0.39, 0.29) is 12.5 Å². The molecule has 0 spiro atoms. The molecule has 152 valence electrons. The van der Waals surface area contributed by atoms with Gasteiger partial charge in [-0.15, -0.1) is 11.3 Å². The minimum absolute atomic E-state index is 0.237. The molecule has 0 saturated heterocycles. The molecule has 0 fully saturated rings. The highest BCUT2D eigenvalue weighted by atomic mass is 79.9. The largest absolute Gasteiger partial charge is 0.490 e. The van der Waals surface area contributed by atoms with E-state index in [0.717, 1.165) is 15.6 Å². The van der Waals surface area contributed by atoms with Crippen LogP contribution < -0.4 is 14.9 Å². The number of nitriles is 1. The van der Waals surface area contributed by atoms with Crippen molar-refractivity contribution < 1.29 is 14.3 Å². The second kappa shape index (κ2) is 10.6. The quantitative estimate of drug-likeness (QED) is 0.355. The maximum absolute atomic E-state index is 12.0. The van der Waals surface area contributed by atoms with Gasteiger partial charge in [0, 0.05) is 15.6 Å². The number of carbonyl (C=O) groups is 1. The number of carbonyl (C=O) groups excluding carboxylic acids is 1. The van der Waals surface area contributed by atoms with Crippen LogP contribution in [-0.4, -0.2) is 18.7 Å². The second-order valence-corrected chi connectivity index (χ2v) is 7.79. The van der Waals surface area contributed by atoms with Crippen molar-refractivity contribution >= 4 is 39.4 Å². The SMILES string of the molecule is CCOc1cc(/C=N\NC(=O)c2cccs2)c(Br)cc1OCc1ccccc1C#N. The van der Waals surface area contributed by atoms with Crippen LogP contribution >= 0.6 is 27.3 Å². The summed E-state index contributed by atoms with van der Waals surface area (Å²) in [7, 11) is 0. The summed E-state index contributed by atoms with van der Waals surface area (Å²) in [6.45, 7) is 2.57. The first kappa shape index (κ1) is 21.6. The summed E-state index contributed by atoms with van der Waals surface area (Å²) in [5, 5.41) is 15.1. The summed E-state index contributed by atoms with van der Waals surface area (Å²) >= 11 is 4.85. The van der Waals surface area contributed by atoms with Gasteiger partial charge in [-0.05, 0) is 52.5 Å². The smallest absolute Gasteiger partial charge is 0.281 e. The maximum atomic E-state index is 12.0. The van der Waals surface area contributed by atoms with Crippen molar-refractivity contribution in [3.63, 3.8) is 0 Å². The van der Waals surface area contributed by atoms with Gasteiger partial charge >= 0.3 is 0 Å². The Hall–Kier alpha value is -3.15. The van der Waals surface area contributed by atoms with E-state index in [9.17, 15) is 10.1 Å². The third kappa shape index (κ3) is 5.47. The number of nitrogens with one attached hydrogen (secondary N) is 1. The van der Waals surface area contributed by atoms with Gasteiger partial charge in [0.05, 0.1) is 29.3 Å². The van der Waals surface area contributed by atoms with Crippen LogP contribution in [0.25, 0.3) is 0 Å². The van der Waals surface area contributed by atoms with E-state index < -0.39 is 0 Å². The highest BCUT2D eigenvalue weighted by Crippen LogP contribution is 2.34. The lowest BCUT2D eigenvalue weighted by Crippen LogP contribution is -2.16. The summed E-state index contributed by atoms with van der Waals surface area (Å²) in [5.74, 6) is 0.816. The number of hydrogen-bond donors (Lipinski definition) is 1. The molecule has 0 saturated carbocycles. The van der Waals surface area contributed by atoms with Gasteiger partial charge in [-0.3, -0.25) is 4.79 Å². The van der Waals surface area contributed by atoms with Crippen molar-refractivity contribution in [3.8, 4) is 17.6 Å². The fraction of sp³-hybridized carbons (Fsp3) is 0.136. The number of hydrazone groups is 1. The molecule has 0 aliphatic carbocycles. The average molecular weight is 484 g/mol. The van der Waals surface area contributed by atoms with Crippen LogP contribution in [0.1, 0.15) is 33.3 Å². The Morgan fingerprint density at radius 2 is 2.03 bits per heavy atom. The van der Waals surface area contributed by atoms with E-state index in [1.165, 1.54) is 17.6 Å². The second-order valence-electron chi connectivity index (χ2n) is 5.99. The predicted molar refractivity (Wildman–Crippen MR) is 120 cm³/mol. The van der Waals surface area contributed by atoms with Crippen molar-refractivity contribution in [3.05, 3.63) is 80.0 Å². The van der Waals surface area contributed by atoms with E-state index in [1.807, 2.05) is 36.6 Å². The van der Waals surface area contributed by atoms with Crippen LogP contribution in [0.15, 0.2) is 63.5 Å². The van der Waals surface area contributed by atoms with E-state index in [4.69, 9.17) is 9.47 Å². The van der Waals surface area contributed by atoms with Crippen LogP contribution in [0.2, 0.25) is 0 Å². The Labute approximate surface area is 186 Å². The van der Waals surface area contributed by atoms with Gasteiger partial charge in [0.2, 0.25) is 0 Å². The molecule has 30 heavy (non-hydrogen) atoms. The third-order valence-corrected chi connectivity index (χ3v) is 5.55. The van der Waals surface area contributed by atoms with E-state index in [2.05, 4.69) is 32.5 Å². The number of amides is 1. The van der Waals surface area contributed by atoms with Gasteiger partial charge in [0.15, 0.2) is 11.5 Å². The number of thiophene rings is 1. The first-order chi connectivity index (χ1) is 14.6. The van der Waals surface area contributed by atoms with Gasteiger partial charge in [0.1, 0.15) is 6.61 Å². The van der Waals surface area contributed by atoms with Crippen molar-refractivity contribution in [2.45, 2.75) is 13.5 Å². The van der Waals surface area contributed by atoms with Crippen LogP contribution in [0.3, 0.4) is 0 Å². The molecule has 0 bridgehead atoms. The number of benzene rings is 2. The molecule has 1 amide bonds. The van der Waals surface area contributed by atoms with Crippen molar-refractivity contribution in [1.29, 1.82) is 5.26 Å². The molecule has 1 heterocycles. The van der Waals surface area contributed by atoms with Crippen LogP contribution in [0.5, 0.6) is 11.5 Å². The molecule has 3 aromatic rings. The molecule has 1 aromatic heterocycles. The Morgan fingerprint density at radius 1 is 1.23 bits per heavy atom. The van der Waals surface area contributed by atoms with Crippen LogP contribution in [-0.2, 0) is 6.61 Å². The summed E-state index contributed by atoms with van der Waals surface area (Å²) < 4.78 is 12.4. The number of hydrogen-bond acceptors (Lipinski definition) is 6. The van der Waals surface area contributed by atoms with Crippen molar-refractivity contribution in [2.75, 3.05) is 6.61 Å². The lowest BCUT2D eigenvalue weighted by molar-refractivity contribution is 0.0959. The minimum atomic E-state index is -0.265. The summed E-state index contributed by atoms with van der Waals surface area (Å²) in [5.41, 5.74) is 4.58. The summed E-state index contributed by atoms with van der Waals surface area (Å²) in [6, 6.07) is 16.5. The first-order valence-electron chi connectivity index (χ1n) is 9.06. The number of rotatable bonds is 8. The average Bonchev–Trinajstić information content (AvgIpc) is 3.30. The normalized spacial score (nSPS) is 10.6. The molecular formula is C22H18BrN3O3S. The minimum Gasteiger partial charge on any atom is -0.490 e. The maximum Gasteiger partial charge on any atom is 0.281 e. The number of nitrogens with zero attached hydrogens (tertiary/aromatic N) is 2. The topological polar surface area (TPSA) is 83.7 Å². The molecule has 2 aromatic carbocycles. The Kier molecular flexibility index (Phi) is 7.60. The summed E-state index contributed by atoms with van der Waals surface area (Å²) in [4.78, 5) is 12.6. The zero-order valence-electron chi connectivity index (χ0n) is 16.1. The Balaban J connectivity index is 1.75. The predicted octanol–water partition coefficient (Wildman–Crippen LogP) is 5.12. The van der Waals surface area contributed by atoms with E-state index >= 15 is 0 Å². The Morgan fingerprint density at radius 3 is 2.77 bits per heavy atom. The molecule has 6 nitrogen and oxygen atoms in total. The fourth-order valence-electron chi connectivity index (χ4n) is 2.56. The van der Waals surface area contributed by atoms with Crippen molar-refractivity contribution in [1.82, 2.24) is 5.43 Å². The van der Waals surface area contributed by atoms with Crippen molar-refractivity contribution in [2.24, 2.45) is 5.10 Å². The number of halogens is 1. The Bertz CT molecular complexity index is 1090. The van der Waals surface area contributed by atoms with E-state index in [0.29, 0.717) is 28.5 Å². The third-order valence-electron chi connectivity index (χ3n) is 4.00. The molecule has 0 aliphatic rings. The molecular weight excluding hydrogens is 466 g/mol. The van der Waals surface area contributed by atoms with Gasteiger partial charge in [-0.25, -0.2) is 5.43 Å². The van der Waals surface area contributed by atoms with Crippen LogP contribution in [0.4, 0.5) is 0 Å². The molecule has 1 N–H and O–H groups in total. The molecule has 0 atom stereocenters. The number of ether oxygens (including phenoxy) is 2. The fourth-order valence-corrected chi connectivity index (χ4v) is 3.60. The van der Waals surface area contributed by atoms with E-state index in [1.54, 1.807) is 24.3 Å². The molecule has 0 aliphatic heterocycles. The van der Waals surface area contributed by atoms with Gasteiger partial charge < -0.3 is 9.47 Å². The molecule has 0 unspecified atom stereocenters. The summed E-state index contributed by atoms with van der Waals surface area (Å²) in [6.07, 6.45) is 1.53. The standard InChI is InChI=1S/C22H18BrN3O3S/c1-2-28-19-10-17(13-25-26-22(27)21-8-5-9-30-21)18(23)11-20(19)29-14-16-7-4-3-6-15(16)12-24/h3-11,13H,2,14H2,1H3,(H,26,27)/b25-13-.